The Kier molecular flexibility index (Phi) is 5.17. The molecular formula is C17H20BrN. The molecule has 0 aliphatic heterocycles. The van der Waals surface area contributed by atoms with Gasteiger partial charge in [-0.3, -0.25) is 0 Å². The van der Waals surface area contributed by atoms with E-state index in [1.165, 1.54) is 16.7 Å². The van der Waals surface area contributed by atoms with Crippen LogP contribution in [0.5, 0.6) is 0 Å². The molecule has 100 valence electrons. The Morgan fingerprint density at radius 3 is 2.53 bits per heavy atom. The molecule has 0 aromatic heterocycles. The predicted molar refractivity (Wildman–Crippen MR) is 85.6 cm³/mol. The zero-order chi connectivity index (χ0) is 13.7. The standard InChI is InChI=1S/C17H20BrN/c1-13-6-3-4-8-15(13)12-17(19-2)11-14-7-5-9-16(18)10-14/h3-10,17,19H,11-12H2,1-2H3. The molecule has 0 saturated heterocycles. The summed E-state index contributed by atoms with van der Waals surface area (Å²) >= 11 is 3.53. The van der Waals surface area contributed by atoms with Gasteiger partial charge in [0.25, 0.3) is 0 Å². The van der Waals surface area contributed by atoms with Crippen LogP contribution >= 0.6 is 15.9 Å². The molecule has 0 amide bonds. The Labute approximate surface area is 124 Å². The number of nitrogens with one attached hydrogen (secondary N) is 1. The zero-order valence-electron chi connectivity index (χ0n) is 11.5. The molecule has 0 heterocycles. The van der Waals surface area contributed by atoms with Crippen molar-refractivity contribution in [3.05, 3.63) is 69.7 Å². The van der Waals surface area contributed by atoms with Crippen LogP contribution in [0.1, 0.15) is 16.7 Å². The Bertz CT molecular complexity index is 536. The molecule has 0 saturated carbocycles. The van der Waals surface area contributed by atoms with Gasteiger partial charge in [-0.2, -0.15) is 0 Å². The van der Waals surface area contributed by atoms with E-state index in [-0.39, 0.29) is 0 Å². The third-order valence-corrected chi connectivity index (χ3v) is 4.00. The fourth-order valence-corrected chi connectivity index (χ4v) is 2.78. The number of aryl methyl sites for hydroxylation is 1. The van der Waals surface area contributed by atoms with Gasteiger partial charge in [-0.25, -0.2) is 0 Å². The lowest BCUT2D eigenvalue weighted by molar-refractivity contribution is 0.555. The molecule has 1 nitrogen and oxygen atoms in total. The number of likely N-dealkylation sites (N-methyl/N-ethyl adjacent to an activating group) is 1. The van der Waals surface area contributed by atoms with E-state index in [0.717, 1.165) is 17.3 Å². The minimum Gasteiger partial charge on any atom is -0.316 e. The molecule has 0 aliphatic carbocycles. The number of rotatable bonds is 5. The van der Waals surface area contributed by atoms with Crippen LogP contribution < -0.4 is 5.32 Å². The lowest BCUT2D eigenvalue weighted by Gasteiger charge is -2.17. The van der Waals surface area contributed by atoms with Gasteiger partial charge in [-0.05, 0) is 55.6 Å². The first-order valence-electron chi connectivity index (χ1n) is 6.65. The number of hydrogen-bond acceptors (Lipinski definition) is 1. The molecule has 1 atom stereocenters. The van der Waals surface area contributed by atoms with Crippen LogP contribution in [-0.4, -0.2) is 13.1 Å². The molecule has 0 fully saturated rings. The van der Waals surface area contributed by atoms with Crippen LogP contribution in [0.2, 0.25) is 0 Å². The topological polar surface area (TPSA) is 12.0 Å². The van der Waals surface area contributed by atoms with Gasteiger partial charge in [0.2, 0.25) is 0 Å². The number of benzene rings is 2. The zero-order valence-corrected chi connectivity index (χ0v) is 13.1. The number of hydrogen-bond donors (Lipinski definition) is 1. The van der Waals surface area contributed by atoms with Gasteiger partial charge < -0.3 is 5.32 Å². The second kappa shape index (κ2) is 6.88. The van der Waals surface area contributed by atoms with Crippen molar-refractivity contribution in [1.82, 2.24) is 5.32 Å². The highest BCUT2D eigenvalue weighted by molar-refractivity contribution is 9.10. The third-order valence-electron chi connectivity index (χ3n) is 3.51. The first kappa shape index (κ1) is 14.3. The van der Waals surface area contributed by atoms with E-state index in [4.69, 9.17) is 0 Å². The molecular weight excluding hydrogens is 298 g/mol. The summed E-state index contributed by atoms with van der Waals surface area (Å²) in [6, 6.07) is 17.6. The van der Waals surface area contributed by atoms with Crippen molar-refractivity contribution in [2.75, 3.05) is 7.05 Å². The summed E-state index contributed by atoms with van der Waals surface area (Å²) in [5.41, 5.74) is 4.16. The van der Waals surface area contributed by atoms with E-state index in [9.17, 15) is 0 Å². The summed E-state index contributed by atoms with van der Waals surface area (Å²) in [5, 5.41) is 3.43. The van der Waals surface area contributed by atoms with Gasteiger partial charge in [0.15, 0.2) is 0 Å². The van der Waals surface area contributed by atoms with Gasteiger partial charge in [0.1, 0.15) is 0 Å². The van der Waals surface area contributed by atoms with Crippen molar-refractivity contribution < 1.29 is 0 Å². The van der Waals surface area contributed by atoms with Gasteiger partial charge in [-0.1, -0.05) is 52.3 Å². The number of halogens is 1. The molecule has 1 unspecified atom stereocenters. The highest BCUT2D eigenvalue weighted by atomic mass is 79.9. The van der Waals surface area contributed by atoms with Crippen LogP contribution in [0.4, 0.5) is 0 Å². The summed E-state index contributed by atoms with van der Waals surface area (Å²) in [4.78, 5) is 0. The van der Waals surface area contributed by atoms with Crippen LogP contribution in [-0.2, 0) is 12.8 Å². The highest BCUT2D eigenvalue weighted by Crippen LogP contribution is 2.16. The molecule has 0 radical (unpaired) electrons. The van der Waals surface area contributed by atoms with Crippen LogP contribution in [0.3, 0.4) is 0 Å². The molecule has 2 rings (SSSR count). The first-order valence-corrected chi connectivity index (χ1v) is 7.44. The van der Waals surface area contributed by atoms with E-state index in [2.05, 4.69) is 76.7 Å². The Morgan fingerprint density at radius 2 is 1.84 bits per heavy atom. The lowest BCUT2D eigenvalue weighted by Crippen LogP contribution is -2.30. The van der Waals surface area contributed by atoms with Crippen molar-refractivity contribution in [2.24, 2.45) is 0 Å². The maximum absolute atomic E-state index is 3.53. The van der Waals surface area contributed by atoms with Crippen molar-refractivity contribution in [3.63, 3.8) is 0 Å². The van der Waals surface area contributed by atoms with E-state index in [1.807, 2.05) is 7.05 Å². The van der Waals surface area contributed by atoms with Crippen molar-refractivity contribution in [1.29, 1.82) is 0 Å². The van der Waals surface area contributed by atoms with Gasteiger partial charge in [-0.15, -0.1) is 0 Å². The highest BCUT2D eigenvalue weighted by Gasteiger charge is 2.10. The van der Waals surface area contributed by atoms with Crippen molar-refractivity contribution in [2.45, 2.75) is 25.8 Å². The average molecular weight is 318 g/mol. The Balaban J connectivity index is 2.07. The second-order valence-corrected chi connectivity index (χ2v) is 5.87. The molecule has 19 heavy (non-hydrogen) atoms. The normalized spacial score (nSPS) is 12.4. The third kappa shape index (κ3) is 4.19. The first-order chi connectivity index (χ1) is 9.19. The summed E-state index contributed by atoms with van der Waals surface area (Å²) in [6.07, 6.45) is 2.11. The predicted octanol–water partition coefficient (Wildman–Crippen LogP) is 4.13. The van der Waals surface area contributed by atoms with Crippen LogP contribution in [0.25, 0.3) is 0 Å². The lowest BCUT2D eigenvalue weighted by atomic mass is 9.96. The fourth-order valence-electron chi connectivity index (χ4n) is 2.33. The summed E-state index contributed by atoms with van der Waals surface area (Å²) in [5.74, 6) is 0. The largest absolute Gasteiger partial charge is 0.316 e. The maximum Gasteiger partial charge on any atom is 0.0178 e. The van der Waals surface area contributed by atoms with Crippen LogP contribution in [0, 0.1) is 6.92 Å². The second-order valence-electron chi connectivity index (χ2n) is 4.95. The Morgan fingerprint density at radius 1 is 1.05 bits per heavy atom. The molecule has 1 N–H and O–H groups in total. The molecule has 2 aromatic carbocycles. The fraction of sp³-hybridized carbons (Fsp3) is 0.294. The van der Waals surface area contributed by atoms with Gasteiger partial charge in [0, 0.05) is 10.5 Å². The van der Waals surface area contributed by atoms with Crippen LogP contribution in [0.15, 0.2) is 53.0 Å². The van der Waals surface area contributed by atoms with Crippen molar-refractivity contribution >= 4 is 15.9 Å². The average Bonchev–Trinajstić information content (AvgIpc) is 2.40. The maximum atomic E-state index is 3.53. The monoisotopic (exact) mass is 317 g/mol. The quantitative estimate of drug-likeness (QED) is 0.874. The molecule has 0 bridgehead atoms. The van der Waals surface area contributed by atoms with Gasteiger partial charge >= 0.3 is 0 Å². The summed E-state index contributed by atoms with van der Waals surface area (Å²) in [7, 11) is 2.04. The van der Waals surface area contributed by atoms with E-state index < -0.39 is 0 Å². The minimum absolute atomic E-state index is 0.468. The Hall–Kier alpha value is -1.12. The minimum atomic E-state index is 0.468. The molecule has 0 aliphatic rings. The van der Waals surface area contributed by atoms with E-state index in [0.29, 0.717) is 6.04 Å². The molecule has 2 heteroatoms. The van der Waals surface area contributed by atoms with E-state index >= 15 is 0 Å². The van der Waals surface area contributed by atoms with Crippen molar-refractivity contribution in [3.8, 4) is 0 Å². The molecule has 2 aromatic rings. The SMILES string of the molecule is CNC(Cc1cccc(Br)c1)Cc1ccccc1C. The summed E-state index contributed by atoms with van der Waals surface area (Å²) < 4.78 is 1.15. The van der Waals surface area contributed by atoms with E-state index in [1.54, 1.807) is 0 Å². The summed E-state index contributed by atoms with van der Waals surface area (Å²) in [6.45, 7) is 2.18. The van der Waals surface area contributed by atoms with Gasteiger partial charge in [0.05, 0.1) is 0 Å². The smallest absolute Gasteiger partial charge is 0.0178 e. The molecule has 0 spiro atoms.